The fourth-order valence-corrected chi connectivity index (χ4v) is 5.13. The summed E-state index contributed by atoms with van der Waals surface area (Å²) in [7, 11) is 0. The van der Waals surface area contributed by atoms with Crippen LogP contribution in [-0.2, 0) is 38.2 Å². The second-order valence-corrected chi connectivity index (χ2v) is 13.5. The van der Waals surface area contributed by atoms with Crippen LogP contribution < -0.4 is 37.2 Å². The maximum atomic E-state index is 12.9. The number of nitrogens with one attached hydrogen (secondary N) is 7. The molecule has 0 bridgehead atoms. The Morgan fingerprint density at radius 2 is 0.943 bits per heavy atom. The van der Waals surface area contributed by atoms with E-state index < -0.39 is 11.8 Å². The SMILES string of the molecule is CCCCCCOC(=O)CNCCNCCNC(=O)CC(CC(=O)CC(C)C(=O)NCCNCCNCC(=O)OCCCCCC)C(=O)NCCCC. The number of esters is 2. The lowest BCUT2D eigenvalue weighted by Crippen LogP contribution is -2.39. The average Bonchev–Trinajstić information content (AvgIpc) is 3.13. The quantitative estimate of drug-likeness (QED) is 0.0358. The molecule has 0 rings (SSSR count). The molecular formula is C38H73N7O8. The summed E-state index contributed by atoms with van der Waals surface area (Å²) in [5, 5.41) is 20.8. The van der Waals surface area contributed by atoms with Gasteiger partial charge in [-0.25, -0.2) is 0 Å². The largest absolute Gasteiger partial charge is 0.465 e. The Hall–Kier alpha value is -3.14. The number of unbranched alkanes of at least 4 members (excludes halogenated alkanes) is 7. The minimum Gasteiger partial charge on any atom is -0.465 e. The standard InChI is InChI=1S/C38H73N7O8/c1-5-8-11-13-24-52-35(48)29-41-18-16-39-20-22-43-34(47)28-32(38(51)44-15-10-7-3)27-33(46)26-31(4)37(50)45-23-21-40-17-19-42-30-36(49)53-25-14-12-9-6-2/h31-32,39-42H,5-30H2,1-4H3,(H,43,47)(H,44,51)(H,45,50). The smallest absolute Gasteiger partial charge is 0.319 e. The van der Waals surface area contributed by atoms with Crippen LogP contribution in [0.25, 0.3) is 0 Å². The summed E-state index contributed by atoms with van der Waals surface area (Å²) in [5.41, 5.74) is 0. The summed E-state index contributed by atoms with van der Waals surface area (Å²) in [4.78, 5) is 74.6. The van der Waals surface area contributed by atoms with Gasteiger partial charge in [0.15, 0.2) is 0 Å². The van der Waals surface area contributed by atoms with Crippen molar-refractivity contribution in [3.8, 4) is 0 Å². The second-order valence-electron chi connectivity index (χ2n) is 13.5. The number of Topliss-reactive ketones (excluding diaryl/α,β-unsaturated/α-hetero) is 1. The summed E-state index contributed by atoms with van der Waals surface area (Å²) in [6.07, 6.45) is 9.83. The third kappa shape index (κ3) is 32.0. The van der Waals surface area contributed by atoms with Crippen molar-refractivity contribution >= 4 is 35.4 Å². The van der Waals surface area contributed by atoms with Gasteiger partial charge in [0.05, 0.1) is 32.2 Å². The Bertz CT molecular complexity index is 1000. The minimum absolute atomic E-state index is 0.0348. The van der Waals surface area contributed by atoms with E-state index in [4.69, 9.17) is 9.47 Å². The summed E-state index contributed by atoms with van der Waals surface area (Å²) in [6, 6.07) is 0. The lowest BCUT2D eigenvalue weighted by molar-refractivity contribution is -0.143. The van der Waals surface area contributed by atoms with E-state index >= 15 is 0 Å². The molecule has 0 aliphatic carbocycles. The van der Waals surface area contributed by atoms with Crippen LogP contribution in [0.1, 0.15) is 111 Å². The topological polar surface area (TPSA) is 205 Å². The molecular weight excluding hydrogens is 682 g/mol. The number of hydrogen-bond donors (Lipinski definition) is 7. The molecule has 53 heavy (non-hydrogen) atoms. The monoisotopic (exact) mass is 756 g/mol. The van der Waals surface area contributed by atoms with E-state index in [1.165, 1.54) is 0 Å². The Morgan fingerprint density at radius 1 is 0.472 bits per heavy atom. The van der Waals surface area contributed by atoms with Crippen LogP contribution in [0, 0.1) is 11.8 Å². The van der Waals surface area contributed by atoms with Gasteiger partial charge in [0.25, 0.3) is 0 Å². The fraction of sp³-hybridized carbons (Fsp3) is 0.842. The van der Waals surface area contributed by atoms with E-state index in [0.29, 0.717) is 72.1 Å². The number of ketones is 1. The number of ether oxygens (including phenoxy) is 2. The maximum Gasteiger partial charge on any atom is 0.319 e. The van der Waals surface area contributed by atoms with Gasteiger partial charge in [-0.15, -0.1) is 0 Å². The predicted molar refractivity (Wildman–Crippen MR) is 207 cm³/mol. The van der Waals surface area contributed by atoms with Gasteiger partial charge in [-0.3, -0.25) is 28.8 Å². The zero-order chi connectivity index (χ0) is 39.4. The summed E-state index contributed by atoms with van der Waals surface area (Å²) in [5.74, 6) is -3.15. The predicted octanol–water partition coefficient (Wildman–Crippen LogP) is 1.73. The highest BCUT2D eigenvalue weighted by molar-refractivity contribution is 5.92. The number of rotatable bonds is 37. The Kier molecular flexibility index (Phi) is 33.7. The molecule has 0 radical (unpaired) electrons. The second kappa shape index (κ2) is 35.9. The summed E-state index contributed by atoms with van der Waals surface area (Å²) < 4.78 is 10.4. The van der Waals surface area contributed by atoms with Gasteiger partial charge in [-0.2, -0.15) is 0 Å². The van der Waals surface area contributed by atoms with Gasteiger partial charge in [-0.1, -0.05) is 72.6 Å². The molecule has 7 N–H and O–H groups in total. The number of carbonyl (C=O) groups excluding carboxylic acids is 6. The van der Waals surface area contributed by atoms with Crippen LogP contribution in [0.5, 0.6) is 0 Å². The van der Waals surface area contributed by atoms with Crippen molar-refractivity contribution in [2.45, 2.75) is 111 Å². The molecule has 0 aromatic heterocycles. The summed E-state index contributed by atoms with van der Waals surface area (Å²) >= 11 is 0. The Labute approximate surface area is 318 Å². The van der Waals surface area contributed by atoms with E-state index in [-0.39, 0.29) is 67.8 Å². The van der Waals surface area contributed by atoms with E-state index in [9.17, 15) is 28.8 Å². The van der Waals surface area contributed by atoms with Gasteiger partial charge in [0, 0.05) is 84.1 Å². The molecule has 0 spiro atoms. The first-order valence-electron chi connectivity index (χ1n) is 20.1. The van der Waals surface area contributed by atoms with Crippen LogP contribution in [0.2, 0.25) is 0 Å². The van der Waals surface area contributed by atoms with Crippen molar-refractivity contribution in [1.29, 1.82) is 0 Å². The highest BCUT2D eigenvalue weighted by Gasteiger charge is 2.26. The molecule has 0 heterocycles. The van der Waals surface area contributed by atoms with Crippen LogP contribution in [-0.4, -0.2) is 121 Å². The van der Waals surface area contributed by atoms with Crippen molar-refractivity contribution in [3.63, 3.8) is 0 Å². The van der Waals surface area contributed by atoms with Gasteiger partial charge in [0.1, 0.15) is 5.78 Å². The normalized spacial score (nSPS) is 12.1. The third-order valence-electron chi connectivity index (χ3n) is 8.33. The molecule has 0 fully saturated rings. The molecule has 3 amide bonds. The number of carbonyl (C=O) groups is 6. The first-order chi connectivity index (χ1) is 25.6. The van der Waals surface area contributed by atoms with E-state index in [1.54, 1.807) is 6.92 Å². The molecule has 0 aromatic carbocycles. The third-order valence-corrected chi connectivity index (χ3v) is 8.33. The van der Waals surface area contributed by atoms with Crippen LogP contribution in [0.4, 0.5) is 0 Å². The fourth-order valence-electron chi connectivity index (χ4n) is 5.13. The Balaban J connectivity index is 4.32. The molecule has 2 atom stereocenters. The molecule has 2 unspecified atom stereocenters. The van der Waals surface area contributed by atoms with E-state index in [2.05, 4.69) is 51.1 Å². The zero-order valence-electron chi connectivity index (χ0n) is 33.3. The van der Waals surface area contributed by atoms with Crippen molar-refractivity contribution in [2.24, 2.45) is 11.8 Å². The van der Waals surface area contributed by atoms with Crippen LogP contribution in [0.3, 0.4) is 0 Å². The van der Waals surface area contributed by atoms with Gasteiger partial charge in [0.2, 0.25) is 17.7 Å². The van der Waals surface area contributed by atoms with Crippen molar-refractivity contribution in [1.82, 2.24) is 37.2 Å². The molecule has 0 saturated carbocycles. The van der Waals surface area contributed by atoms with Crippen molar-refractivity contribution < 1.29 is 38.2 Å². The lowest BCUT2D eigenvalue weighted by atomic mass is 9.92. The molecule has 308 valence electrons. The molecule has 0 saturated heterocycles. The van der Waals surface area contributed by atoms with Crippen LogP contribution in [0.15, 0.2) is 0 Å². The molecule has 15 heteroatoms. The summed E-state index contributed by atoms with van der Waals surface area (Å²) in [6.45, 7) is 13.7. The van der Waals surface area contributed by atoms with Gasteiger partial charge in [-0.05, 0) is 19.3 Å². The lowest BCUT2D eigenvalue weighted by Gasteiger charge is -2.18. The molecule has 0 aliphatic rings. The zero-order valence-corrected chi connectivity index (χ0v) is 33.3. The number of amides is 3. The van der Waals surface area contributed by atoms with Gasteiger partial charge >= 0.3 is 11.9 Å². The van der Waals surface area contributed by atoms with Crippen molar-refractivity contribution in [3.05, 3.63) is 0 Å². The van der Waals surface area contributed by atoms with Crippen molar-refractivity contribution in [2.75, 3.05) is 85.2 Å². The maximum absolute atomic E-state index is 12.9. The highest BCUT2D eigenvalue weighted by Crippen LogP contribution is 2.15. The first-order valence-corrected chi connectivity index (χ1v) is 20.1. The molecule has 0 aromatic rings. The number of hydrogen-bond acceptors (Lipinski definition) is 12. The Morgan fingerprint density at radius 3 is 1.47 bits per heavy atom. The average molecular weight is 756 g/mol. The molecule has 15 nitrogen and oxygen atoms in total. The first kappa shape index (κ1) is 49.9. The van der Waals surface area contributed by atoms with Gasteiger partial charge < -0.3 is 46.7 Å². The van der Waals surface area contributed by atoms with E-state index in [0.717, 1.165) is 64.2 Å². The minimum atomic E-state index is -0.830. The molecule has 0 aliphatic heterocycles. The highest BCUT2D eigenvalue weighted by atomic mass is 16.5. The van der Waals surface area contributed by atoms with E-state index in [1.807, 2.05) is 6.92 Å². The van der Waals surface area contributed by atoms with Crippen LogP contribution >= 0.6 is 0 Å².